The van der Waals surface area contributed by atoms with Gasteiger partial charge in [0.15, 0.2) is 12.1 Å². The first kappa shape index (κ1) is 47.3. The van der Waals surface area contributed by atoms with Gasteiger partial charge in [0.05, 0.1) is 56.2 Å². The highest BCUT2D eigenvalue weighted by molar-refractivity contribution is 5.91. The third-order valence-corrected chi connectivity index (χ3v) is 12.0. The third-order valence-electron chi connectivity index (χ3n) is 12.0. The van der Waals surface area contributed by atoms with Crippen molar-refractivity contribution in [2.75, 3.05) is 33.8 Å². The lowest BCUT2D eigenvalue weighted by Crippen LogP contribution is -2.63. The van der Waals surface area contributed by atoms with E-state index in [0.29, 0.717) is 38.9 Å². The molecule has 0 bridgehead atoms. The molecule has 2 aromatic rings. The molecule has 4 rings (SSSR count). The average Bonchev–Trinajstić information content (AvgIpc) is 3.64. The van der Waals surface area contributed by atoms with E-state index in [0.717, 1.165) is 22.4 Å². The summed E-state index contributed by atoms with van der Waals surface area (Å²) >= 11 is 0. The van der Waals surface area contributed by atoms with Crippen LogP contribution in [0.15, 0.2) is 42.1 Å². The van der Waals surface area contributed by atoms with Crippen molar-refractivity contribution >= 4 is 11.8 Å². The third kappa shape index (κ3) is 12.4. The van der Waals surface area contributed by atoms with Crippen LogP contribution in [-0.4, -0.2) is 135 Å². The Morgan fingerprint density at radius 2 is 1.69 bits per heavy atom. The molecule has 3 heterocycles. The van der Waals surface area contributed by atoms with Gasteiger partial charge in [-0.15, -0.1) is 5.10 Å². The van der Waals surface area contributed by atoms with E-state index in [4.69, 9.17) is 14.2 Å². The molecule has 2 unspecified atom stereocenters. The number of allylic oxidation sites excluding steroid dienone is 3. The minimum atomic E-state index is -1.24. The van der Waals surface area contributed by atoms with Gasteiger partial charge in [-0.05, 0) is 109 Å². The first-order valence-electron chi connectivity index (χ1n) is 20.9. The van der Waals surface area contributed by atoms with E-state index < -0.39 is 72.7 Å². The van der Waals surface area contributed by atoms with Gasteiger partial charge in [-0.3, -0.25) is 14.3 Å². The summed E-state index contributed by atoms with van der Waals surface area (Å²) in [6, 6.07) is 3.60. The fraction of sp³-hybridized carbons (Fsp3) is 0.682. The zero-order chi connectivity index (χ0) is 42.8. The summed E-state index contributed by atoms with van der Waals surface area (Å²) in [6.07, 6.45) is 1.27. The predicted octanol–water partition coefficient (Wildman–Crippen LogP) is 3.68. The zero-order valence-corrected chi connectivity index (χ0v) is 36.2. The summed E-state index contributed by atoms with van der Waals surface area (Å²) in [4.78, 5) is 28.7. The van der Waals surface area contributed by atoms with Crippen molar-refractivity contribution in [3.63, 3.8) is 0 Å². The molecular weight excluding hydrogens is 743 g/mol. The van der Waals surface area contributed by atoms with Crippen LogP contribution in [0.1, 0.15) is 77.0 Å². The second-order valence-corrected chi connectivity index (χ2v) is 16.9. The normalized spacial score (nSPS) is 33.5. The van der Waals surface area contributed by atoms with Crippen LogP contribution < -0.4 is 5.32 Å². The van der Waals surface area contributed by atoms with Crippen molar-refractivity contribution in [3.8, 4) is 11.3 Å². The Bertz CT molecular complexity index is 1710. The van der Waals surface area contributed by atoms with Gasteiger partial charge in [-0.1, -0.05) is 49.8 Å². The predicted molar refractivity (Wildman–Crippen MR) is 222 cm³/mol. The maximum Gasteiger partial charge on any atom is 0.308 e. The van der Waals surface area contributed by atoms with Crippen LogP contribution in [0.25, 0.3) is 11.3 Å². The molecule has 0 amide bonds. The topological polar surface area (TPSA) is 189 Å². The minimum absolute atomic E-state index is 0.0943. The molecule has 1 saturated heterocycles. The highest BCUT2D eigenvalue weighted by atomic mass is 16.7. The Labute approximate surface area is 344 Å². The second-order valence-electron chi connectivity index (χ2n) is 16.9. The number of aryl methyl sites for hydroxylation is 3. The molecule has 1 aromatic carbocycles. The van der Waals surface area contributed by atoms with Crippen molar-refractivity contribution in [2.24, 2.45) is 23.7 Å². The number of nitrogens with zero attached hydrogens (tertiary/aromatic N) is 4. The Kier molecular flexibility index (Phi) is 17.8. The molecule has 5 N–H and O–H groups in total. The number of hydrogen-bond acceptors (Lipinski definition) is 13. The molecule has 2 aliphatic rings. The molecule has 12 atom stereocenters. The average molecular weight is 812 g/mol. The van der Waals surface area contributed by atoms with Gasteiger partial charge < -0.3 is 44.9 Å². The molecule has 14 nitrogen and oxygen atoms in total. The van der Waals surface area contributed by atoms with Crippen LogP contribution in [0, 0.1) is 44.4 Å². The molecule has 1 aromatic heterocycles. The molecule has 0 aliphatic carbocycles. The largest absolute Gasteiger partial charge is 0.462 e. The van der Waals surface area contributed by atoms with Gasteiger partial charge in [0.2, 0.25) is 0 Å². The number of ketones is 1. The number of benzene rings is 1. The monoisotopic (exact) mass is 812 g/mol. The van der Waals surface area contributed by atoms with E-state index in [-0.39, 0.29) is 24.7 Å². The summed E-state index contributed by atoms with van der Waals surface area (Å²) in [5.74, 6) is -2.69. The van der Waals surface area contributed by atoms with Gasteiger partial charge in [0, 0.05) is 29.9 Å². The van der Waals surface area contributed by atoms with Gasteiger partial charge >= 0.3 is 5.97 Å². The van der Waals surface area contributed by atoms with E-state index in [2.05, 4.69) is 48.5 Å². The van der Waals surface area contributed by atoms with E-state index in [9.17, 15) is 30.0 Å². The highest BCUT2D eigenvalue weighted by Crippen LogP contribution is 2.35. The van der Waals surface area contributed by atoms with Crippen LogP contribution in [0.5, 0.6) is 0 Å². The summed E-state index contributed by atoms with van der Waals surface area (Å²) in [7, 11) is 3.52. The summed E-state index contributed by atoms with van der Waals surface area (Å²) in [5.41, 5.74) is 6.17. The van der Waals surface area contributed by atoms with Crippen LogP contribution in [-0.2, 0) is 30.3 Å². The zero-order valence-electron chi connectivity index (χ0n) is 36.2. The number of aromatic nitrogens is 3. The van der Waals surface area contributed by atoms with Crippen LogP contribution in [0.4, 0.5) is 0 Å². The van der Waals surface area contributed by atoms with E-state index in [1.807, 2.05) is 27.0 Å². The van der Waals surface area contributed by atoms with Crippen molar-refractivity contribution in [2.45, 2.75) is 137 Å². The second kappa shape index (κ2) is 21.8. The number of nitrogens with one attached hydrogen (secondary N) is 1. The molecular formula is C44H69N5O9. The van der Waals surface area contributed by atoms with Crippen LogP contribution >= 0.6 is 0 Å². The number of likely N-dealkylation sites (N-methyl/N-ethyl adjacent to an activating group) is 1. The summed E-state index contributed by atoms with van der Waals surface area (Å²) in [5, 5.41) is 56.6. The summed E-state index contributed by atoms with van der Waals surface area (Å²) in [6.45, 7) is 16.7. The molecule has 14 heteroatoms. The van der Waals surface area contributed by atoms with Crippen LogP contribution in [0.3, 0.4) is 0 Å². The highest BCUT2D eigenvalue weighted by Gasteiger charge is 2.47. The van der Waals surface area contributed by atoms with Gasteiger partial charge in [-0.25, -0.2) is 0 Å². The first-order chi connectivity index (χ1) is 27.4. The number of rotatable bonds is 12. The van der Waals surface area contributed by atoms with Crippen LogP contribution in [0.2, 0.25) is 0 Å². The van der Waals surface area contributed by atoms with Gasteiger partial charge in [0.25, 0.3) is 0 Å². The van der Waals surface area contributed by atoms with Gasteiger partial charge in [-0.2, -0.15) is 0 Å². The van der Waals surface area contributed by atoms with E-state index >= 15 is 0 Å². The lowest BCUT2D eigenvalue weighted by atomic mass is 9.79. The molecule has 0 radical (unpaired) electrons. The van der Waals surface area contributed by atoms with E-state index in [1.165, 1.54) is 17.2 Å². The number of carbonyl (C=O) groups is 2. The smallest absolute Gasteiger partial charge is 0.308 e. The van der Waals surface area contributed by atoms with Crippen molar-refractivity contribution in [1.82, 2.24) is 25.2 Å². The lowest BCUT2D eigenvalue weighted by Gasteiger charge is -2.46. The number of hydrogen-bond donors (Lipinski definition) is 5. The van der Waals surface area contributed by atoms with Crippen molar-refractivity contribution < 1.29 is 44.2 Å². The number of cyclic esters (lactones) is 1. The molecule has 324 valence electrons. The number of ether oxygens (including phenoxy) is 3. The maximum absolute atomic E-state index is 13.6. The quantitative estimate of drug-likeness (QED) is 0.155. The molecule has 2 aliphatic heterocycles. The first-order valence-corrected chi connectivity index (χ1v) is 20.9. The fourth-order valence-electron chi connectivity index (χ4n) is 8.23. The SMILES string of the molecule is CC[C@H]1OC(=O)C[C@@H](O)[C@H](C)[C@@H](O[C@@H]2O[C@H](C)[C@@H](O)C(N(C)C)C2O)[C@@H](CCNCCn2cc(-c3cc(C)c(C)cc3C)nn2)C[C@@H](C)C(=O)/C=C/C(C)=C/[C@@H]1CO. The van der Waals surface area contributed by atoms with E-state index in [1.54, 1.807) is 49.7 Å². The molecule has 1 fully saturated rings. The molecule has 58 heavy (non-hydrogen) atoms. The summed E-state index contributed by atoms with van der Waals surface area (Å²) < 4.78 is 20.4. The Morgan fingerprint density at radius 3 is 2.36 bits per heavy atom. The fourth-order valence-corrected chi connectivity index (χ4v) is 8.23. The maximum atomic E-state index is 13.6. The number of aliphatic hydroxyl groups is 4. The number of aliphatic hydroxyl groups excluding tert-OH is 4. The van der Waals surface area contributed by atoms with Crippen molar-refractivity contribution in [3.05, 3.63) is 58.8 Å². The van der Waals surface area contributed by atoms with Gasteiger partial charge in [0.1, 0.15) is 17.9 Å². The standard InChI is InChI=1S/C44H69N5O9/c1-11-38-33(24-50)18-25(2)12-13-36(51)29(6)20-32(14-15-45-16-17-49-23-35(46-47-49)34-21-27(4)26(3)19-28(34)5)43(30(7)37(52)22-39(53)57-38)58-44-42(55)40(48(9)10)41(54)31(8)56-44/h12-13,18-19,21,23,29-33,37-38,40-45,50,52,54-55H,11,14-17,20,22,24H2,1-10H3/b13-12+,25-18+/t29-,30+,31-,32+,33-,37-,38-,40?,41-,42?,43-,44+/m1/s1. The lowest BCUT2D eigenvalue weighted by molar-refractivity contribution is -0.304. The molecule has 0 saturated carbocycles. The molecule has 0 spiro atoms. The minimum Gasteiger partial charge on any atom is -0.462 e. The number of carbonyl (C=O) groups excluding carboxylic acids is 2. The number of esters is 1. The van der Waals surface area contributed by atoms with Crippen molar-refractivity contribution in [1.29, 1.82) is 0 Å². The Hall–Kier alpha value is -3.34. The Balaban J connectivity index is 1.61. The Morgan fingerprint density at radius 1 is 0.983 bits per heavy atom.